The molecule has 4 heteroatoms. The molecule has 0 saturated carbocycles. The van der Waals surface area contributed by atoms with E-state index in [4.69, 9.17) is 16.3 Å². The van der Waals surface area contributed by atoms with Crippen LogP contribution in [0.25, 0.3) is 0 Å². The van der Waals surface area contributed by atoms with E-state index in [2.05, 4.69) is 10.3 Å². The number of piperidine rings is 1. The van der Waals surface area contributed by atoms with Gasteiger partial charge in [-0.2, -0.15) is 0 Å². The zero-order valence-corrected chi connectivity index (χ0v) is 8.42. The number of hydrogen-bond donors (Lipinski definition) is 1. The summed E-state index contributed by atoms with van der Waals surface area (Å²) in [6.07, 6.45) is 2.53. The molecular weight excluding hydrogens is 200 g/mol. The highest BCUT2D eigenvalue weighted by Crippen LogP contribution is 2.39. The van der Waals surface area contributed by atoms with Crippen LogP contribution in [0.1, 0.15) is 24.4 Å². The van der Waals surface area contributed by atoms with Gasteiger partial charge in [0.05, 0.1) is 6.04 Å². The lowest BCUT2D eigenvalue weighted by molar-refractivity contribution is 0.150. The van der Waals surface area contributed by atoms with Gasteiger partial charge in [0, 0.05) is 5.56 Å². The summed E-state index contributed by atoms with van der Waals surface area (Å²) in [5.41, 5.74) is 1.15. The maximum absolute atomic E-state index is 5.81. The van der Waals surface area contributed by atoms with Gasteiger partial charge in [-0.3, -0.25) is 0 Å². The summed E-state index contributed by atoms with van der Waals surface area (Å²) in [7, 11) is 0. The van der Waals surface area contributed by atoms with Crippen molar-refractivity contribution in [2.75, 3.05) is 6.54 Å². The normalized spacial score (nSPS) is 29.2. The molecule has 0 bridgehead atoms. The third-order valence-corrected chi connectivity index (χ3v) is 3.07. The summed E-state index contributed by atoms with van der Waals surface area (Å²) < 4.78 is 5.73. The second-order valence-corrected chi connectivity index (χ2v) is 4.15. The van der Waals surface area contributed by atoms with Gasteiger partial charge in [-0.05, 0) is 31.5 Å². The SMILES string of the molecule is Clc1ccc2c(n1)O[C@H]1CCCN[C@@H]21. The van der Waals surface area contributed by atoms with Gasteiger partial charge in [-0.1, -0.05) is 11.6 Å². The van der Waals surface area contributed by atoms with Crippen LogP contribution >= 0.6 is 11.6 Å². The average molecular weight is 211 g/mol. The van der Waals surface area contributed by atoms with Crippen molar-refractivity contribution in [2.24, 2.45) is 0 Å². The molecule has 2 aliphatic heterocycles. The Kier molecular flexibility index (Phi) is 1.89. The van der Waals surface area contributed by atoms with Gasteiger partial charge in [0.15, 0.2) is 0 Å². The highest BCUT2D eigenvalue weighted by Gasteiger charge is 2.36. The van der Waals surface area contributed by atoms with Gasteiger partial charge >= 0.3 is 0 Å². The Labute approximate surface area is 87.4 Å². The van der Waals surface area contributed by atoms with Gasteiger partial charge in [-0.25, -0.2) is 4.98 Å². The van der Waals surface area contributed by atoms with Crippen molar-refractivity contribution in [3.8, 4) is 5.88 Å². The van der Waals surface area contributed by atoms with Gasteiger partial charge in [-0.15, -0.1) is 0 Å². The van der Waals surface area contributed by atoms with E-state index in [1.165, 1.54) is 6.42 Å². The molecule has 14 heavy (non-hydrogen) atoms. The minimum Gasteiger partial charge on any atom is -0.472 e. The summed E-state index contributed by atoms with van der Waals surface area (Å²) in [4.78, 5) is 4.18. The maximum Gasteiger partial charge on any atom is 0.220 e. The second kappa shape index (κ2) is 3.11. The molecule has 0 aliphatic carbocycles. The lowest BCUT2D eigenvalue weighted by Crippen LogP contribution is -2.36. The number of rotatable bonds is 0. The minimum atomic E-state index is 0.254. The van der Waals surface area contributed by atoms with Crippen LogP contribution in [-0.4, -0.2) is 17.6 Å². The molecule has 3 nitrogen and oxygen atoms in total. The smallest absolute Gasteiger partial charge is 0.220 e. The molecule has 1 saturated heterocycles. The molecule has 3 rings (SSSR count). The lowest BCUT2D eigenvalue weighted by Gasteiger charge is -2.24. The Balaban J connectivity index is 2.01. The molecule has 1 fully saturated rings. The van der Waals surface area contributed by atoms with Crippen LogP contribution in [0.15, 0.2) is 12.1 Å². The number of hydrogen-bond acceptors (Lipinski definition) is 3. The Bertz CT molecular complexity index is 369. The summed E-state index contributed by atoms with van der Waals surface area (Å²) in [5.74, 6) is 0.710. The van der Waals surface area contributed by atoms with Crippen molar-refractivity contribution in [3.05, 3.63) is 22.8 Å². The third kappa shape index (κ3) is 1.20. The number of aromatic nitrogens is 1. The van der Waals surface area contributed by atoms with Crippen molar-refractivity contribution in [1.82, 2.24) is 10.3 Å². The Morgan fingerprint density at radius 3 is 3.36 bits per heavy atom. The third-order valence-electron chi connectivity index (χ3n) is 2.86. The van der Waals surface area contributed by atoms with Crippen molar-refractivity contribution in [2.45, 2.75) is 25.0 Å². The topological polar surface area (TPSA) is 34.1 Å². The first kappa shape index (κ1) is 8.50. The molecule has 1 N–H and O–H groups in total. The monoisotopic (exact) mass is 210 g/mol. The molecular formula is C10H11ClN2O. The fourth-order valence-electron chi connectivity index (χ4n) is 2.20. The van der Waals surface area contributed by atoms with Gasteiger partial charge in [0.25, 0.3) is 0 Å². The van der Waals surface area contributed by atoms with E-state index in [1.807, 2.05) is 12.1 Å². The molecule has 0 spiro atoms. The van der Waals surface area contributed by atoms with Gasteiger partial charge in [0.1, 0.15) is 11.3 Å². The maximum atomic E-state index is 5.81. The van der Waals surface area contributed by atoms with Crippen LogP contribution < -0.4 is 10.1 Å². The quantitative estimate of drug-likeness (QED) is 0.665. The van der Waals surface area contributed by atoms with Crippen LogP contribution in [0.4, 0.5) is 0 Å². The Morgan fingerprint density at radius 2 is 2.43 bits per heavy atom. The highest BCUT2D eigenvalue weighted by molar-refractivity contribution is 6.29. The molecule has 0 unspecified atom stereocenters. The first-order valence-electron chi connectivity index (χ1n) is 4.91. The molecule has 2 aliphatic rings. The van der Waals surface area contributed by atoms with E-state index in [9.17, 15) is 0 Å². The van der Waals surface area contributed by atoms with Crippen LogP contribution in [0, 0.1) is 0 Å². The zero-order valence-electron chi connectivity index (χ0n) is 7.66. The number of nitrogens with one attached hydrogen (secondary N) is 1. The fraction of sp³-hybridized carbons (Fsp3) is 0.500. The number of pyridine rings is 1. The summed E-state index contributed by atoms with van der Waals surface area (Å²) in [5, 5.41) is 3.95. The van der Waals surface area contributed by atoms with E-state index in [0.29, 0.717) is 17.1 Å². The minimum absolute atomic E-state index is 0.254. The largest absolute Gasteiger partial charge is 0.472 e. The summed E-state index contributed by atoms with van der Waals surface area (Å²) >= 11 is 5.81. The van der Waals surface area contributed by atoms with E-state index in [1.54, 1.807) is 0 Å². The van der Waals surface area contributed by atoms with Crippen molar-refractivity contribution in [1.29, 1.82) is 0 Å². The highest BCUT2D eigenvalue weighted by atomic mass is 35.5. The summed E-state index contributed by atoms with van der Waals surface area (Å²) in [6, 6.07) is 4.15. The standard InChI is InChI=1S/C10H11ClN2O/c11-8-4-3-6-9-7(2-1-5-12-9)14-10(6)13-8/h3-4,7,9,12H,1-2,5H2/t7-,9-/m0/s1. The van der Waals surface area contributed by atoms with Crippen molar-refractivity contribution in [3.63, 3.8) is 0 Å². The van der Waals surface area contributed by atoms with E-state index < -0.39 is 0 Å². The first-order valence-corrected chi connectivity index (χ1v) is 5.29. The lowest BCUT2D eigenvalue weighted by atomic mass is 9.98. The first-order chi connectivity index (χ1) is 6.84. The second-order valence-electron chi connectivity index (χ2n) is 3.76. The van der Waals surface area contributed by atoms with E-state index >= 15 is 0 Å². The van der Waals surface area contributed by atoms with E-state index in [-0.39, 0.29) is 6.10 Å². The number of halogens is 1. The Hall–Kier alpha value is -0.800. The zero-order chi connectivity index (χ0) is 9.54. The molecule has 3 heterocycles. The number of nitrogens with zero attached hydrogens (tertiary/aromatic N) is 1. The predicted molar refractivity (Wildman–Crippen MR) is 53.6 cm³/mol. The molecule has 2 atom stereocenters. The van der Waals surface area contributed by atoms with Gasteiger partial charge in [0.2, 0.25) is 5.88 Å². The summed E-state index contributed by atoms with van der Waals surface area (Å²) in [6.45, 7) is 1.06. The molecule has 0 radical (unpaired) electrons. The van der Waals surface area contributed by atoms with E-state index in [0.717, 1.165) is 18.5 Å². The number of fused-ring (bicyclic) bond motifs is 3. The van der Waals surface area contributed by atoms with Crippen molar-refractivity contribution < 1.29 is 4.74 Å². The van der Waals surface area contributed by atoms with Crippen LogP contribution in [0.2, 0.25) is 5.15 Å². The van der Waals surface area contributed by atoms with Crippen LogP contribution in [0.5, 0.6) is 5.88 Å². The average Bonchev–Trinajstić information content (AvgIpc) is 2.54. The molecule has 1 aromatic rings. The number of ether oxygens (including phenoxy) is 1. The van der Waals surface area contributed by atoms with Crippen molar-refractivity contribution >= 4 is 11.6 Å². The van der Waals surface area contributed by atoms with Gasteiger partial charge < -0.3 is 10.1 Å². The fourth-order valence-corrected chi connectivity index (χ4v) is 2.34. The van der Waals surface area contributed by atoms with Crippen LogP contribution in [-0.2, 0) is 0 Å². The molecule has 0 aromatic carbocycles. The molecule has 1 aromatic heterocycles. The predicted octanol–water partition coefficient (Wildman–Crippen LogP) is 1.92. The molecule has 0 amide bonds. The van der Waals surface area contributed by atoms with Crippen LogP contribution in [0.3, 0.4) is 0 Å². The molecule has 74 valence electrons. The Morgan fingerprint density at radius 1 is 1.50 bits per heavy atom.